The van der Waals surface area contributed by atoms with Crippen molar-refractivity contribution in [2.75, 3.05) is 36.6 Å². The van der Waals surface area contributed by atoms with Gasteiger partial charge in [0, 0.05) is 50.5 Å². The molecule has 0 radical (unpaired) electrons. The molecule has 0 unspecified atom stereocenters. The van der Waals surface area contributed by atoms with E-state index in [0.717, 1.165) is 60.8 Å². The molecule has 3 aliphatic rings. The fourth-order valence-electron chi connectivity index (χ4n) is 6.23. The van der Waals surface area contributed by atoms with Gasteiger partial charge in [0.15, 0.2) is 11.5 Å². The number of benzene rings is 1. The molecule has 8 heteroatoms. The lowest BCUT2D eigenvalue weighted by molar-refractivity contribution is 0.171. The molecule has 1 aromatic carbocycles. The molecule has 198 valence electrons. The van der Waals surface area contributed by atoms with Gasteiger partial charge in [0.1, 0.15) is 30.5 Å². The van der Waals surface area contributed by atoms with Gasteiger partial charge in [-0.3, -0.25) is 4.79 Å². The first-order valence-electron chi connectivity index (χ1n) is 13.8. The predicted octanol–water partition coefficient (Wildman–Crippen LogP) is 4.63. The van der Waals surface area contributed by atoms with E-state index in [1.54, 1.807) is 23.7 Å². The molecule has 0 saturated heterocycles. The molecule has 3 aromatic rings. The first kappa shape index (κ1) is 24.6. The van der Waals surface area contributed by atoms with Crippen LogP contribution < -0.4 is 24.8 Å². The Bertz CT molecular complexity index is 1430. The fraction of sp³-hybridized carbons (Fsp3) is 0.500. The summed E-state index contributed by atoms with van der Waals surface area (Å²) >= 11 is 0. The summed E-state index contributed by atoms with van der Waals surface area (Å²) in [6.07, 6.45) is 8.18. The van der Waals surface area contributed by atoms with Gasteiger partial charge in [-0.25, -0.2) is 4.98 Å². The van der Waals surface area contributed by atoms with E-state index in [9.17, 15) is 10.1 Å². The summed E-state index contributed by atoms with van der Waals surface area (Å²) in [7, 11) is 3.81. The van der Waals surface area contributed by atoms with Gasteiger partial charge < -0.3 is 23.8 Å². The van der Waals surface area contributed by atoms with Crippen molar-refractivity contribution in [2.24, 2.45) is 13.0 Å². The maximum Gasteiger partial charge on any atom is 0.252 e. The Morgan fingerprint density at radius 2 is 1.74 bits per heavy atom. The van der Waals surface area contributed by atoms with Crippen LogP contribution in [0.3, 0.4) is 0 Å². The summed E-state index contributed by atoms with van der Waals surface area (Å²) in [6, 6.07) is 14.5. The standard InChI is InChI=1S/C30H35N5O3/c1-33(26-17-29(36)34(2)25-12-6-21(18-31)32-30(25)26)22-7-9-23(10-8-22)35(19-20-4-3-5-20)24-11-13-27-28(16-24)38-15-14-37-27/h6,11-13,16-17,20,22-23H,3-5,7-10,14-15,19H2,1-2H3/t22-,23+. The van der Waals surface area contributed by atoms with E-state index in [1.807, 2.05) is 6.07 Å². The summed E-state index contributed by atoms with van der Waals surface area (Å²) < 4.78 is 13.3. The SMILES string of the molecule is Cn1c(=O)cc(N(C)[C@H]2CC[C@@H](N(CC3CCC3)c3ccc4c(c3)OCCO4)CC2)c2nc(C#N)ccc21. The smallest absolute Gasteiger partial charge is 0.252 e. The van der Waals surface area contributed by atoms with Crippen LogP contribution in [-0.2, 0) is 7.05 Å². The molecule has 8 nitrogen and oxygen atoms in total. The molecule has 0 atom stereocenters. The summed E-state index contributed by atoms with van der Waals surface area (Å²) in [4.78, 5) is 22.2. The molecule has 2 fully saturated rings. The number of pyridine rings is 2. The number of nitriles is 1. The van der Waals surface area contributed by atoms with E-state index < -0.39 is 0 Å². The highest BCUT2D eigenvalue weighted by atomic mass is 16.6. The Hall–Kier alpha value is -3.73. The van der Waals surface area contributed by atoms with Crippen LogP contribution in [0.5, 0.6) is 11.5 Å². The van der Waals surface area contributed by atoms with E-state index in [1.165, 1.54) is 24.9 Å². The molecule has 0 spiro atoms. The minimum atomic E-state index is -0.0650. The summed E-state index contributed by atoms with van der Waals surface area (Å²) in [5, 5.41) is 9.41. The molecule has 0 amide bonds. The summed E-state index contributed by atoms with van der Waals surface area (Å²) in [6.45, 7) is 2.29. The monoisotopic (exact) mass is 513 g/mol. The number of ether oxygens (including phenoxy) is 2. The van der Waals surface area contributed by atoms with Crippen LogP contribution in [0.4, 0.5) is 11.4 Å². The summed E-state index contributed by atoms with van der Waals surface area (Å²) in [5.74, 6) is 2.45. The van der Waals surface area contributed by atoms with Crippen molar-refractivity contribution in [3.05, 3.63) is 52.4 Å². The third-order valence-corrected chi connectivity index (χ3v) is 8.75. The molecular formula is C30H35N5O3. The first-order valence-corrected chi connectivity index (χ1v) is 13.8. The minimum absolute atomic E-state index is 0.0650. The van der Waals surface area contributed by atoms with Crippen molar-refractivity contribution < 1.29 is 9.47 Å². The van der Waals surface area contributed by atoms with Crippen LogP contribution in [0.25, 0.3) is 11.0 Å². The number of rotatable bonds is 6. The lowest BCUT2D eigenvalue weighted by atomic mass is 9.83. The van der Waals surface area contributed by atoms with Crippen LogP contribution >= 0.6 is 0 Å². The van der Waals surface area contributed by atoms with Gasteiger partial charge in [-0.15, -0.1) is 0 Å². The van der Waals surface area contributed by atoms with Crippen LogP contribution in [0.15, 0.2) is 41.2 Å². The van der Waals surface area contributed by atoms with Crippen molar-refractivity contribution in [3.63, 3.8) is 0 Å². The van der Waals surface area contributed by atoms with Crippen molar-refractivity contribution in [2.45, 2.75) is 57.0 Å². The molecule has 2 aromatic heterocycles. The molecule has 38 heavy (non-hydrogen) atoms. The Morgan fingerprint density at radius 1 is 1.00 bits per heavy atom. The molecule has 6 rings (SSSR count). The van der Waals surface area contributed by atoms with Crippen molar-refractivity contribution in [3.8, 4) is 17.6 Å². The van der Waals surface area contributed by atoms with Crippen LogP contribution in [0.1, 0.15) is 50.6 Å². The Balaban J connectivity index is 1.23. The minimum Gasteiger partial charge on any atom is -0.486 e. The lowest BCUT2D eigenvalue weighted by Crippen LogP contribution is -2.46. The number of aryl methyl sites for hydroxylation is 1. The zero-order chi connectivity index (χ0) is 26.2. The fourth-order valence-corrected chi connectivity index (χ4v) is 6.23. The molecule has 0 N–H and O–H groups in total. The van der Waals surface area contributed by atoms with Gasteiger partial charge in [0.2, 0.25) is 0 Å². The van der Waals surface area contributed by atoms with Crippen LogP contribution in [0.2, 0.25) is 0 Å². The highest BCUT2D eigenvalue weighted by Gasteiger charge is 2.32. The van der Waals surface area contributed by atoms with Crippen molar-refractivity contribution in [1.82, 2.24) is 9.55 Å². The van der Waals surface area contributed by atoms with E-state index in [0.29, 0.717) is 36.5 Å². The Labute approximate surface area is 223 Å². The number of hydrogen-bond acceptors (Lipinski definition) is 7. The lowest BCUT2D eigenvalue weighted by Gasteiger charge is -2.44. The van der Waals surface area contributed by atoms with Gasteiger partial charge in [-0.1, -0.05) is 6.42 Å². The van der Waals surface area contributed by atoms with Gasteiger partial charge in [0.25, 0.3) is 5.56 Å². The second-order valence-corrected chi connectivity index (χ2v) is 11.0. The highest BCUT2D eigenvalue weighted by Crippen LogP contribution is 2.39. The average molecular weight is 514 g/mol. The average Bonchev–Trinajstić information content (AvgIpc) is 2.93. The van der Waals surface area contributed by atoms with E-state index in [2.05, 4.69) is 46.1 Å². The molecule has 2 saturated carbocycles. The van der Waals surface area contributed by atoms with Crippen molar-refractivity contribution in [1.29, 1.82) is 5.26 Å². The Morgan fingerprint density at radius 3 is 2.45 bits per heavy atom. The van der Waals surface area contributed by atoms with Gasteiger partial charge in [0.05, 0.1) is 11.2 Å². The maximum absolute atomic E-state index is 12.8. The van der Waals surface area contributed by atoms with E-state index in [4.69, 9.17) is 9.47 Å². The largest absolute Gasteiger partial charge is 0.486 e. The second kappa shape index (κ2) is 10.2. The third-order valence-electron chi connectivity index (χ3n) is 8.75. The number of fused-ring (bicyclic) bond motifs is 2. The molecular weight excluding hydrogens is 478 g/mol. The third kappa shape index (κ3) is 4.55. The number of nitrogens with zero attached hydrogens (tertiary/aromatic N) is 5. The number of hydrogen-bond donors (Lipinski definition) is 0. The quantitative estimate of drug-likeness (QED) is 0.475. The van der Waals surface area contributed by atoms with Gasteiger partial charge >= 0.3 is 0 Å². The van der Waals surface area contributed by atoms with Gasteiger partial charge in [-0.2, -0.15) is 5.26 Å². The maximum atomic E-state index is 12.8. The highest BCUT2D eigenvalue weighted by molar-refractivity contribution is 5.88. The second-order valence-electron chi connectivity index (χ2n) is 11.0. The van der Waals surface area contributed by atoms with E-state index >= 15 is 0 Å². The Kier molecular flexibility index (Phi) is 6.61. The topological polar surface area (TPSA) is 83.6 Å². The molecule has 1 aliphatic heterocycles. The molecule has 3 heterocycles. The van der Waals surface area contributed by atoms with Gasteiger partial charge in [-0.05, 0) is 68.7 Å². The van der Waals surface area contributed by atoms with Crippen LogP contribution in [-0.4, -0.2) is 48.4 Å². The van der Waals surface area contributed by atoms with E-state index in [-0.39, 0.29) is 5.56 Å². The predicted molar refractivity (Wildman–Crippen MR) is 148 cm³/mol. The zero-order valence-electron chi connectivity index (χ0n) is 22.2. The normalized spacial score (nSPS) is 21.0. The van der Waals surface area contributed by atoms with Crippen LogP contribution in [0, 0.1) is 17.2 Å². The number of anilines is 2. The number of aromatic nitrogens is 2. The van der Waals surface area contributed by atoms with Crippen molar-refractivity contribution >= 4 is 22.4 Å². The zero-order valence-corrected chi connectivity index (χ0v) is 22.2. The first-order chi connectivity index (χ1) is 18.5. The molecule has 0 bridgehead atoms. The molecule has 2 aliphatic carbocycles. The summed E-state index contributed by atoms with van der Waals surface area (Å²) in [5.41, 5.74) is 3.78.